The number of amides is 1. The van der Waals surface area contributed by atoms with Gasteiger partial charge in [-0.3, -0.25) is 4.79 Å². The van der Waals surface area contributed by atoms with Gasteiger partial charge in [-0.05, 0) is 19.8 Å². The van der Waals surface area contributed by atoms with E-state index >= 15 is 0 Å². The second-order valence-corrected chi connectivity index (χ2v) is 3.49. The van der Waals surface area contributed by atoms with Crippen LogP contribution in [0.25, 0.3) is 0 Å². The molecule has 0 unspecified atom stereocenters. The first-order valence-electron chi connectivity index (χ1n) is 4.71. The second kappa shape index (κ2) is 9.99. The topological polar surface area (TPSA) is 38.3 Å². The molecule has 4 heteroatoms. The summed E-state index contributed by atoms with van der Waals surface area (Å²) in [5.41, 5.74) is 0. The van der Waals surface area contributed by atoms with Crippen molar-refractivity contribution in [3.63, 3.8) is 0 Å². The predicted molar refractivity (Wildman–Crippen MR) is 57.1 cm³/mol. The number of nitrogens with one attached hydrogen (secondary N) is 1. The molecule has 0 aliphatic rings. The normalized spacial score (nSPS) is 10.0. The first kappa shape index (κ1) is 12.9. The Morgan fingerprint density at radius 3 is 2.85 bits per heavy atom. The minimum absolute atomic E-state index is 0.119. The van der Waals surface area contributed by atoms with Crippen molar-refractivity contribution in [3.05, 3.63) is 0 Å². The summed E-state index contributed by atoms with van der Waals surface area (Å²) in [7, 11) is 0. The summed E-state index contributed by atoms with van der Waals surface area (Å²) < 4.78 is 5.17. The Morgan fingerprint density at radius 2 is 2.23 bits per heavy atom. The molecule has 0 atom stereocenters. The molecular weight excluding hydrogens is 234 g/mol. The summed E-state index contributed by atoms with van der Waals surface area (Å²) in [4.78, 5) is 11.0. The number of carbonyl (C=O) groups excluding carboxylic acids is 1. The lowest BCUT2D eigenvalue weighted by Crippen LogP contribution is -2.24. The number of hydrogen-bond acceptors (Lipinski definition) is 2. The average molecular weight is 252 g/mol. The monoisotopic (exact) mass is 251 g/mol. The summed E-state index contributed by atoms with van der Waals surface area (Å²) in [6.07, 6.45) is 2.57. The SMILES string of the molecule is CCOCCCCNC(=O)CCBr. The summed E-state index contributed by atoms with van der Waals surface area (Å²) in [6.45, 7) is 4.32. The van der Waals surface area contributed by atoms with Crippen LogP contribution < -0.4 is 5.32 Å². The molecule has 1 amide bonds. The summed E-state index contributed by atoms with van der Waals surface area (Å²) in [6, 6.07) is 0. The highest BCUT2D eigenvalue weighted by molar-refractivity contribution is 9.09. The molecule has 0 aromatic rings. The van der Waals surface area contributed by atoms with E-state index in [2.05, 4.69) is 21.2 Å². The van der Waals surface area contributed by atoms with Crippen molar-refractivity contribution < 1.29 is 9.53 Å². The Hall–Kier alpha value is -0.0900. The summed E-state index contributed by atoms with van der Waals surface area (Å²) in [5.74, 6) is 0.119. The van der Waals surface area contributed by atoms with E-state index in [1.54, 1.807) is 0 Å². The van der Waals surface area contributed by atoms with Gasteiger partial charge < -0.3 is 10.1 Å². The smallest absolute Gasteiger partial charge is 0.220 e. The maximum Gasteiger partial charge on any atom is 0.220 e. The maximum absolute atomic E-state index is 11.0. The Balaban J connectivity index is 3.02. The van der Waals surface area contributed by atoms with Crippen molar-refractivity contribution in [3.8, 4) is 0 Å². The number of halogens is 1. The molecule has 0 aliphatic carbocycles. The number of alkyl halides is 1. The van der Waals surface area contributed by atoms with E-state index in [0.29, 0.717) is 6.42 Å². The third kappa shape index (κ3) is 9.83. The van der Waals surface area contributed by atoms with Crippen molar-refractivity contribution in [1.82, 2.24) is 5.32 Å². The molecule has 0 bridgehead atoms. The molecule has 0 radical (unpaired) electrons. The van der Waals surface area contributed by atoms with Gasteiger partial charge in [0.05, 0.1) is 0 Å². The minimum Gasteiger partial charge on any atom is -0.382 e. The largest absolute Gasteiger partial charge is 0.382 e. The van der Waals surface area contributed by atoms with Crippen LogP contribution in [0.1, 0.15) is 26.2 Å². The van der Waals surface area contributed by atoms with Crippen LogP contribution in [0.3, 0.4) is 0 Å². The molecule has 1 N–H and O–H groups in total. The van der Waals surface area contributed by atoms with Gasteiger partial charge in [0, 0.05) is 31.5 Å². The van der Waals surface area contributed by atoms with Gasteiger partial charge in [-0.2, -0.15) is 0 Å². The Kier molecular flexibility index (Phi) is 9.92. The van der Waals surface area contributed by atoms with Gasteiger partial charge in [-0.15, -0.1) is 0 Å². The first-order chi connectivity index (χ1) is 6.31. The number of carbonyl (C=O) groups is 1. The molecule has 0 fully saturated rings. The van der Waals surface area contributed by atoms with Crippen LogP contribution in [-0.4, -0.2) is 31.0 Å². The standard InChI is InChI=1S/C9H18BrNO2/c1-2-13-8-4-3-7-11-9(12)5-6-10/h2-8H2,1H3,(H,11,12). The van der Waals surface area contributed by atoms with Crippen LogP contribution in [0.4, 0.5) is 0 Å². The van der Waals surface area contributed by atoms with Gasteiger partial charge in [-0.25, -0.2) is 0 Å². The zero-order valence-electron chi connectivity index (χ0n) is 8.14. The summed E-state index contributed by atoms with van der Waals surface area (Å²) in [5, 5.41) is 3.57. The van der Waals surface area contributed by atoms with Crippen molar-refractivity contribution in [1.29, 1.82) is 0 Å². The lowest BCUT2D eigenvalue weighted by atomic mass is 10.3. The molecule has 0 aliphatic heterocycles. The predicted octanol–water partition coefficient (Wildman–Crippen LogP) is 1.70. The number of unbranched alkanes of at least 4 members (excludes halogenated alkanes) is 1. The van der Waals surface area contributed by atoms with E-state index < -0.39 is 0 Å². The maximum atomic E-state index is 11.0. The van der Waals surface area contributed by atoms with E-state index in [-0.39, 0.29) is 5.91 Å². The second-order valence-electron chi connectivity index (χ2n) is 2.69. The van der Waals surface area contributed by atoms with Gasteiger partial charge in [0.15, 0.2) is 0 Å². The van der Waals surface area contributed by atoms with E-state index in [9.17, 15) is 4.79 Å². The fourth-order valence-electron chi connectivity index (χ4n) is 0.875. The third-order valence-corrected chi connectivity index (χ3v) is 1.96. The van der Waals surface area contributed by atoms with E-state index in [0.717, 1.165) is 37.9 Å². The van der Waals surface area contributed by atoms with Gasteiger partial charge >= 0.3 is 0 Å². The van der Waals surface area contributed by atoms with E-state index in [4.69, 9.17) is 4.74 Å². The molecule has 0 aromatic heterocycles. The van der Waals surface area contributed by atoms with Crippen molar-refractivity contribution in [2.24, 2.45) is 0 Å². The first-order valence-corrected chi connectivity index (χ1v) is 5.83. The average Bonchev–Trinajstić information content (AvgIpc) is 2.11. The number of hydrogen-bond donors (Lipinski definition) is 1. The van der Waals surface area contributed by atoms with Crippen LogP contribution in [0, 0.1) is 0 Å². The number of rotatable bonds is 8. The molecular formula is C9H18BrNO2. The van der Waals surface area contributed by atoms with Crippen LogP contribution in [-0.2, 0) is 9.53 Å². The molecule has 13 heavy (non-hydrogen) atoms. The highest BCUT2D eigenvalue weighted by Crippen LogP contribution is 1.90. The van der Waals surface area contributed by atoms with Gasteiger partial charge in [-0.1, -0.05) is 15.9 Å². The molecule has 0 aromatic carbocycles. The molecule has 78 valence electrons. The number of ether oxygens (including phenoxy) is 1. The minimum atomic E-state index is 0.119. The molecule has 3 nitrogen and oxygen atoms in total. The van der Waals surface area contributed by atoms with Crippen molar-refractivity contribution in [2.75, 3.05) is 25.1 Å². The van der Waals surface area contributed by atoms with Crippen LogP contribution in [0.15, 0.2) is 0 Å². The van der Waals surface area contributed by atoms with Gasteiger partial charge in [0.25, 0.3) is 0 Å². The van der Waals surface area contributed by atoms with E-state index in [1.165, 1.54) is 0 Å². The lowest BCUT2D eigenvalue weighted by molar-refractivity contribution is -0.120. The van der Waals surface area contributed by atoms with Crippen LogP contribution in [0.5, 0.6) is 0 Å². The van der Waals surface area contributed by atoms with Gasteiger partial charge in [0.2, 0.25) is 5.91 Å². The highest BCUT2D eigenvalue weighted by Gasteiger charge is 1.97. The van der Waals surface area contributed by atoms with E-state index in [1.807, 2.05) is 6.92 Å². The fourth-order valence-corrected chi connectivity index (χ4v) is 1.24. The molecule has 0 heterocycles. The molecule has 0 spiro atoms. The zero-order chi connectivity index (χ0) is 9.94. The lowest BCUT2D eigenvalue weighted by Gasteiger charge is -2.03. The van der Waals surface area contributed by atoms with Gasteiger partial charge in [0.1, 0.15) is 0 Å². The third-order valence-electron chi connectivity index (χ3n) is 1.56. The molecule has 0 saturated heterocycles. The van der Waals surface area contributed by atoms with Crippen LogP contribution in [0.2, 0.25) is 0 Å². The summed E-state index contributed by atoms with van der Waals surface area (Å²) >= 11 is 3.21. The molecule has 0 saturated carbocycles. The quantitative estimate of drug-likeness (QED) is 0.527. The van der Waals surface area contributed by atoms with Crippen molar-refractivity contribution >= 4 is 21.8 Å². The highest BCUT2D eigenvalue weighted by atomic mass is 79.9. The Labute approximate surface area is 88.4 Å². The Bertz CT molecular complexity index is 131. The fraction of sp³-hybridized carbons (Fsp3) is 0.889. The Morgan fingerprint density at radius 1 is 1.46 bits per heavy atom. The van der Waals surface area contributed by atoms with Crippen LogP contribution >= 0.6 is 15.9 Å². The molecule has 0 rings (SSSR count). The zero-order valence-corrected chi connectivity index (χ0v) is 9.73. The van der Waals surface area contributed by atoms with Crippen molar-refractivity contribution in [2.45, 2.75) is 26.2 Å².